The van der Waals surface area contributed by atoms with Crippen LogP contribution in [-0.2, 0) is 6.54 Å². The van der Waals surface area contributed by atoms with Crippen LogP contribution < -0.4 is 5.32 Å². The van der Waals surface area contributed by atoms with E-state index >= 15 is 0 Å². The Morgan fingerprint density at radius 2 is 1.78 bits per heavy atom. The minimum absolute atomic E-state index is 0.0894. The smallest absolute Gasteiger partial charge is 0.253 e. The number of carbonyl (C=O) groups is 1. The molecule has 2 aromatic carbocycles. The van der Waals surface area contributed by atoms with Crippen molar-refractivity contribution in [2.45, 2.75) is 25.3 Å². The van der Waals surface area contributed by atoms with Crippen molar-refractivity contribution in [3.63, 3.8) is 0 Å². The second kappa shape index (κ2) is 8.78. The Morgan fingerprint density at radius 3 is 2.56 bits per heavy atom. The molecule has 1 fully saturated rings. The molecule has 162 valence electrons. The van der Waals surface area contributed by atoms with E-state index in [1.54, 1.807) is 12.1 Å². The second-order valence-electron chi connectivity index (χ2n) is 8.08. The summed E-state index contributed by atoms with van der Waals surface area (Å²) in [6.45, 7) is 1.79. The maximum absolute atomic E-state index is 13.9. The van der Waals surface area contributed by atoms with Gasteiger partial charge in [-0.3, -0.25) is 9.89 Å². The van der Waals surface area contributed by atoms with Crippen LogP contribution in [0.15, 0.2) is 66.7 Å². The molecule has 0 aliphatic carbocycles. The summed E-state index contributed by atoms with van der Waals surface area (Å²) in [6.07, 6.45) is 1.76. The number of nitrogens with zero attached hydrogens (tertiary/aromatic N) is 3. The maximum Gasteiger partial charge on any atom is 0.253 e. The number of amides is 1. The van der Waals surface area contributed by atoms with E-state index in [4.69, 9.17) is 4.98 Å². The van der Waals surface area contributed by atoms with Crippen molar-refractivity contribution in [3.8, 4) is 0 Å². The monoisotopic (exact) mass is 429 g/mol. The van der Waals surface area contributed by atoms with Crippen LogP contribution in [0.3, 0.4) is 0 Å². The van der Waals surface area contributed by atoms with Crippen LogP contribution >= 0.6 is 0 Å². The molecule has 5 rings (SSSR count). The van der Waals surface area contributed by atoms with Crippen molar-refractivity contribution in [3.05, 3.63) is 89.4 Å². The predicted octanol–water partition coefficient (Wildman–Crippen LogP) is 4.73. The molecule has 3 heterocycles. The molecular formula is C25H24FN5O. The Morgan fingerprint density at radius 1 is 1.03 bits per heavy atom. The van der Waals surface area contributed by atoms with E-state index in [-0.39, 0.29) is 11.7 Å². The van der Waals surface area contributed by atoms with Crippen molar-refractivity contribution < 1.29 is 9.18 Å². The lowest BCUT2D eigenvalue weighted by atomic mass is 9.92. The number of piperidine rings is 1. The van der Waals surface area contributed by atoms with Gasteiger partial charge in [-0.05, 0) is 43.2 Å². The number of benzene rings is 2. The molecule has 6 nitrogen and oxygen atoms in total. The first kappa shape index (κ1) is 20.2. The van der Waals surface area contributed by atoms with Gasteiger partial charge in [0, 0.05) is 42.4 Å². The molecule has 0 radical (unpaired) electrons. The van der Waals surface area contributed by atoms with Crippen molar-refractivity contribution >= 4 is 22.8 Å². The molecule has 0 atom stereocenters. The highest BCUT2D eigenvalue weighted by molar-refractivity contribution is 5.94. The molecule has 4 aromatic rings. The normalized spacial score (nSPS) is 14.6. The highest BCUT2D eigenvalue weighted by Gasteiger charge is 2.25. The van der Waals surface area contributed by atoms with Gasteiger partial charge in [-0.25, -0.2) is 9.37 Å². The maximum atomic E-state index is 13.9. The predicted molar refractivity (Wildman–Crippen MR) is 122 cm³/mol. The number of aromatic nitrogens is 3. The van der Waals surface area contributed by atoms with Gasteiger partial charge < -0.3 is 10.2 Å². The number of carbonyl (C=O) groups excluding carboxylic acids is 1. The van der Waals surface area contributed by atoms with E-state index in [0.29, 0.717) is 29.5 Å². The fourth-order valence-electron chi connectivity index (χ4n) is 4.24. The van der Waals surface area contributed by atoms with Crippen LogP contribution in [0, 0.1) is 5.82 Å². The Hall–Kier alpha value is -3.74. The zero-order valence-electron chi connectivity index (χ0n) is 17.6. The fraction of sp³-hybridized carbons (Fsp3) is 0.240. The number of H-pyrrole nitrogens is 1. The lowest BCUT2D eigenvalue weighted by molar-refractivity contribution is 0.0712. The van der Waals surface area contributed by atoms with Crippen LogP contribution in [0.2, 0.25) is 0 Å². The Balaban J connectivity index is 1.24. The summed E-state index contributed by atoms with van der Waals surface area (Å²) in [5.41, 5.74) is 3.04. The van der Waals surface area contributed by atoms with Gasteiger partial charge in [-0.1, -0.05) is 36.4 Å². The van der Waals surface area contributed by atoms with Crippen molar-refractivity contribution in [2.75, 3.05) is 18.4 Å². The number of aromatic amines is 1. The van der Waals surface area contributed by atoms with Gasteiger partial charge in [-0.2, -0.15) is 5.10 Å². The summed E-state index contributed by atoms with van der Waals surface area (Å²) in [5.74, 6) is 0.812. The number of likely N-dealkylation sites (tertiary alicyclic amines) is 1. The molecule has 7 heteroatoms. The Kier molecular flexibility index (Phi) is 5.54. The standard InChI is InChI=1S/C25H24FN5O/c26-21-9-5-4-8-19(21)16-27-23-20-10-11-22(28-24(20)30-29-23)17-12-14-31(15-13-17)25(32)18-6-2-1-3-7-18/h1-11,17H,12-16H2,(H2,27,28,29,30). The summed E-state index contributed by atoms with van der Waals surface area (Å²) < 4.78 is 13.9. The number of nitrogens with one attached hydrogen (secondary N) is 2. The average molecular weight is 429 g/mol. The van der Waals surface area contributed by atoms with Gasteiger partial charge in [0.05, 0.1) is 5.39 Å². The number of fused-ring (bicyclic) bond motifs is 1. The molecule has 2 N–H and O–H groups in total. The number of halogens is 1. The van der Waals surface area contributed by atoms with Gasteiger partial charge in [0.15, 0.2) is 11.5 Å². The number of pyridine rings is 1. The minimum Gasteiger partial charge on any atom is -0.364 e. The van der Waals surface area contributed by atoms with E-state index in [1.165, 1.54) is 6.07 Å². The van der Waals surface area contributed by atoms with Crippen molar-refractivity contribution in [2.24, 2.45) is 0 Å². The van der Waals surface area contributed by atoms with Gasteiger partial charge >= 0.3 is 0 Å². The van der Waals surface area contributed by atoms with Crippen LogP contribution in [0.25, 0.3) is 11.0 Å². The number of hydrogen-bond donors (Lipinski definition) is 2. The molecule has 1 saturated heterocycles. The quantitative estimate of drug-likeness (QED) is 0.481. The van der Waals surface area contributed by atoms with E-state index in [1.807, 2.05) is 53.4 Å². The molecule has 2 aromatic heterocycles. The first-order chi connectivity index (χ1) is 15.7. The molecule has 1 amide bonds. The zero-order chi connectivity index (χ0) is 21.9. The van der Waals surface area contributed by atoms with Gasteiger partial charge in [0.25, 0.3) is 5.91 Å². The third-order valence-electron chi connectivity index (χ3n) is 6.07. The Labute approximate surface area is 185 Å². The molecule has 0 spiro atoms. The van der Waals surface area contributed by atoms with Gasteiger partial charge in [-0.15, -0.1) is 0 Å². The summed E-state index contributed by atoms with van der Waals surface area (Å²) in [4.78, 5) is 19.4. The summed E-state index contributed by atoms with van der Waals surface area (Å²) >= 11 is 0. The molecule has 0 bridgehead atoms. The summed E-state index contributed by atoms with van der Waals surface area (Å²) in [6, 6.07) is 20.2. The molecule has 1 aliphatic rings. The molecule has 1 aliphatic heterocycles. The SMILES string of the molecule is O=C(c1ccccc1)N1CCC(c2ccc3c(NCc4ccccc4F)n[nH]c3n2)CC1. The third kappa shape index (κ3) is 4.06. The van der Waals surface area contributed by atoms with E-state index in [9.17, 15) is 9.18 Å². The fourth-order valence-corrected chi connectivity index (χ4v) is 4.24. The van der Waals surface area contributed by atoms with Crippen LogP contribution in [0.1, 0.15) is 40.4 Å². The summed E-state index contributed by atoms with van der Waals surface area (Å²) in [5, 5.41) is 11.4. The van der Waals surface area contributed by atoms with Crippen LogP contribution in [-0.4, -0.2) is 39.1 Å². The lowest BCUT2D eigenvalue weighted by Gasteiger charge is -2.31. The van der Waals surface area contributed by atoms with E-state index in [0.717, 1.165) is 42.6 Å². The largest absolute Gasteiger partial charge is 0.364 e. The molecule has 0 unspecified atom stereocenters. The highest BCUT2D eigenvalue weighted by atomic mass is 19.1. The second-order valence-corrected chi connectivity index (χ2v) is 8.08. The average Bonchev–Trinajstić information content (AvgIpc) is 3.26. The third-order valence-corrected chi connectivity index (χ3v) is 6.07. The van der Waals surface area contributed by atoms with E-state index in [2.05, 4.69) is 15.5 Å². The first-order valence-electron chi connectivity index (χ1n) is 10.9. The minimum atomic E-state index is -0.239. The van der Waals surface area contributed by atoms with Gasteiger partial charge in [0.1, 0.15) is 5.82 Å². The number of anilines is 1. The molecule has 32 heavy (non-hydrogen) atoms. The lowest BCUT2D eigenvalue weighted by Crippen LogP contribution is -2.38. The summed E-state index contributed by atoms with van der Waals surface area (Å²) in [7, 11) is 0. The van der Waals surface area contributed by atoms with E-state index < -0.39 is 0 Å². The van der Waals surface area contributed by atoms with Gasteiger partial charge in [0.2, 0.25) is 0 Å². The first-order valence-corrected chi connectivity index (χ1v) is 10.9. The molecule has 0 saturated carbocycles. The molecular weight excluding hydrogens is 405 g/mol. The topological polar surface area (TPSA) is 73.9 Å². The Bertz CT molecular complexity index is 1230. The number of rotatable bonds is 5. The highest BCUT2D eigenvalue weighted by Crippen LogP contribution is 2.30. The number of hydrogen-bond acceptors (Lipinski definition) is 4. The zero-order valence-corrected chi connectivity index (χ0v) is 17.6. The van der Waals surface area contributed by atoms with Crippen LogP contribution in [0.5, 0.6) is 0 Å². The van der Waals surface area contributed by atoms with Crippen molar-refractivity contribution in [1.82, 2.24) is 20.1 Å². The van der Waals surface area contributed by atoms with Crippen molar-refractivity contribution in [1.29, 1.82) is 0 Å². The van der Waals surface area contributed by atoms with Crippen LogP contribution in [0.4, 0.5) is 10.2 Å².